The molecule has 3 atom stereocenters. The third-order valence-corrected chi connectivity index (χ3v) is 6.87. The molecule has 0 aliphatic heterocycles. The number of sulfonamides is 1. The molecule has 1 aromatic carbocycles. The highest BCUT2D eigenvalue weighted by atomic mass is 35.5. The minimum Gasteiger partial charge on any atom is -0.392 e. The van der Waals surface area contributed by atoms with E-state index < -0.39 is 10.0 Å². The molecule has 4 nitrogen and oxygen atoms in total. The first-order valence-corrected chi connectivity index (χ1v) is 9.25. The van der Waals surface area contributed by atoms with E-state index >= 15 is 0 Å². The first-order valence-electron chi connectivity index (χ1n) is 7.02. The molecule has 3 rings (SSSR count). The molecule has 0 amide bonds. The van der Waals surface area contributed by atoms with Crippen LogP contribution in [0.25, 0.3) is 0 Å². The highest BCUT2D eigenvalue weighted by Crippen LogP contribution is 2.45. The summed E-state index contributed by atoms with van der Waals surface area (Å²) in [6.07, 6.45) is 4.30. The van der Waals surface area contributed by atoms with Gasteiger partial charge >= 0.3 is 0 Å². The van der Waals surface area contributed by atoms with Crippen molar-refractivity contribution in [1.29, 1.82) is 0 Å². The van der Waals surface area contributed by atoms with E-state index in [0.717, 1.165) is 19.3 Å². The number of fused-ring (bicyclic) bond motifs is 2. The summed E-state index contributed by atoms with van der Waals surface area (Å²) in [5.41, 5.74) is 0.317. The van der Waals surface area contributed by atoms with Crippen LogP contribution in [0.15, 0.2) is 17.0 Å². The lowest BCUT2D eigenvalue weighted by atomic mass is 9.96. The third-order valence-electron chi connectivity index (χ3n) is 4.58. The SMILES string of the molecule is O=S(=O)(NC1CC2CCC1C2)c1cc(Cl)cc(CO)c1Cl. The Morgan fingerprint density at radius 3 is 2.57 bits per heavy atom. The molecule has 2 saturated carbocycles. The number of aliphatic hydroxyl groups is 1. The normalized spacial score (nSPS) is 28.2. The van der Waals surface area contributed by atoms with E-state index in [-0.39, 0.29) is 27.6 Å². The van der Waals surface area contributed by atoms with Gasteiger partial charge in [0.25, 0.3) is 0 Å². The van der Waals surface area contributed by atoms with Crippen LogP contribution in [-0.4, -0.2) is 19.6 Å². The predicted molar refractivity (Wildman–Crippen MR) is 81.9 cm³/mol. The van der Waals surface area contributed by atoms with E-state index in [1.807, 2.05) is 0 Å². The minimum absolute atomic E-state index is 0.0126. The van der Waals surface area contributed by atoms with Crippen molar-refractivity contribution in [3.05, 3.63) is 27.7 Å². The zero-order valence-electron chi connectivity index (χ0n) is 11.4. The van der Waals surface area contributed by atoms with Crippen molar-refractivity contribution in [3.63, 3.8) is 0 Å². The van der Waals surface area contributed by atoms with Crippen LogP contribution in [0.5, 0.6) is 0 Å². The molecule has 116 valence electrons. The van der Waals surface area contributed by atoms with Crippen LogP contribution in [0, 0.1) is 11.8 Å². The highest BCUT2D eigenvalue weighted by molar-refractivity contribution is 7.89. The Morgan fingerprint density at radius 1 is 1.24 bits per heavy atom. The first-order chi connectivity index (χ1) is 9.90. The van der Waals surface area contributed by atoms with E-state index in [9.17, 15) is 13.5 Å². The van der Waals surface area contributed by atoms with Gasteiger partial charge in [-0.25, -0.2) is 13.1 Å². The van der Waals surface area contributed by atoms with E-state index in [0.29, 0.717) is 17.4 Å². The quantitative estimate of drug-likeness (QED) is 0.877. The van der Waals surface area contributed by atoms with Crippen molar-refractivity contribution in [3.8, 4) is 0 Å². The largest absolute Gasteiger partial charge is 0.392 e. The van der Waals surface area contributed by atoms with Crippen LogP contribution >= 0.6 is 23.2 Å². The van der Waals surface area contributed by atoms with Crippen LogP contribution in [0.2, 0.25) is 10.0 Å². The average molecular weight is 350 g/mol. The van der Waals surface area contributed by atoms with Gasteiger partial charge in [0.2, 0.25) is 10.0 Å². The number of hydrogen-bond acceptors (Lipinski definition) is 3. The van der Waals surface area contributed by atoms with Crippen LogP contribution in [0.4, 0.5) is 0 Å². The maximum atomic E-state index is 12.6. The summed E-state index contributed by atoms with van der Waals surface area (Å²) < 4.78 is 27.9. The van der Waals surface area contributed by atoms with Gasteiger partial charge in [-0.1, -0.05) is 29.6 Å². The van der Waals surface area contributed by atoms with Gasteiger partial charge in [-0.15, -0.1) is 0 Å². The maximum Gasteiger partial charge on any atom is 0.242 e. The average Bonchev–Trinajstić information content (AvgIpc) is 3.02. The fourth-order valence-corrected chi connectivity index (χ4v) is 5.82. The third kappa shape index (κ3) is 2.94. The zero-order valence-corrected chi connectivity index (χ0v) is 13.7. The van der Waals surface area contributed by atoms with E-state index in [1.54, 1.807) is 0 Å². The zero-order chi connectivity index (χ0) is 15.2. The summed E-state index contributed by atoms with van der Waals surface area (Å²) in [7, 11) is -3.73. The molecule has 1 aromatic rings. The van der Waals surface area contributed by atoms with E-state index in [2.05, 4.69) is 4.72 Å². The number of hydrogen-bond donors (Lipinski definition) is 2. The lowest BCUT2D eigenvalue weighted by Gasteiger charge is -2.23. The van der Waals surface area contributed by atoms with Crippen molar-refractivity contribution < 1.29 is 13.5 Å². The van der Waals surface area contributed by atoms with Crippen LogP contribution < -0.4 is 4.72 Å². The molecule has 2 fully saturated rings. The molecule has 2 bridgehead atoms. The molecule has 0 radical (unpaired) electrons. The van der Waals surface area contributed by atoms with Gasteiger partial charge in [0.15, 0.2) is 0 Å². The molecular formula is C14H17Cl2NO3S. The van der Waals surface area contributed by atoms with Crippen LogP contribution in [0.1, 0.15) is 31.2 Å². The van der Waals surface area contributed by atoms with Crippen molar-refractivity contribution in [2.24, 2.45) is 11.8 Å². The lowest BCUT2D eigenvalue weighted by Crippen LogP contribution is -2.38. The Balaban J connectivity index is 1.90. The van der Waals surface area contributed by atoms with Gasteiger partial charge in [0.05, 0.1) is 11.6 Å². The van der Waals surface area contributed by atoms with Crippen molar-refractivity contribution in [2.45, 2.75) is 43.2 Å². The summed E-state index contributed by atoms with van der Waals surface area (Å²) in [6, 6.07) is 2.79. The summed E-state index contributed by atoms with van der Waals surface area (Å²) in [5, 5.41) is 9.53. The highest BCUT2D eigenvalue weighted by Gasteiger charge is 2.41. The molecule has 0 aromatic heterocycles. The molecule has 3 unspecified atom stereocenters. The molecule has 0 saturated heterocycles. The molecule has 21 heavy (non-hydrogen) atoms. The van der Waals surface area contributed by atoms with Gasteiger partial charge in [-0.3, -0.25) is 0 Å². The molecule has 2 N–H and O–H groups in total. The van der Waals surface area contributed by atoms with Gasteiger partial charge < -0.3 is 5.11 Å². The summed E-state index contributed by atoms with van der Waals surface area (Å²) in [5.74, 6) is 1.07. The Labute approximate surface area is 134 Å². The fraction of sp³-hybridized carbons (Fsp3) is 0.571. The van der Waals surface area contributed by atoms with Crippen LogP contribution in [0.3, 0.4) is 0 Å². The maximum absolute atomic E-state index is 12.6. The summed E-state index contributed by atoms with van der Waals surface area (Å²) >= 11 is 12.0. The van der Waals surface area contributed by atoms with E-state index in [1.165, 1.54) is 18.6 Å². The number of benzene rings is 1. The van der Waals surface area contributed by atoms with Gasteiger partial charge in [0.1, 0.15) is 4.90 Å². The number of rotatable bonds is 4. The Morgan fingerprint density at radius 2 is 2.00 bits per heavy atom. The second-order valence-corrected chi connectivity index (χ2v) is 8.43. The fourth-order valence-electron chi connectivity index (χ4n) is 3.58. The number of nitrogens with one attached hydrogen (secondary N) is 1. The Kier molecular flexibility index (Phi) is 4.23. The molecular weight excluding hydrogens is 333 g/mol. The van der Waals surface area contributed by atoms with Gasteiger partial charge in [-0.2, -0.15) is 0 Å². The first kappa shape index (κ1) is 15.6. The number of aliphatic hydroxyl groups excluding tert-OH is 1. The molecule has 7 heteroatoms. The van der Waals surface area contributed by atoms with Crippen molar-refractivity contribution in [1.82, 2.24) is 4.72 Å². The number of halogens is 2. The topological polar surface area (TPSA) is 66.4 Å². The minimum atomic E-state index is -3.73. The molecule has 0 heterocycles. The molecule has 2 aliphatic rings. The molecule has 2 aliphatic carbocycles. The lowest BCUT2D eigenvalue weighted by molar-refractivity contribution is 0.281. The van der Waals surface area contributed by atoms with Gasteiger partial charge in [0, 0.05) is 11.1 Å². The second kappa shape index (κ2) is 5.70. The summed E-state index contributed by atoms with van der Waals surface area (Å²) in [4.78, 5) is -0.0523. The standard InChI is InChI=1S/C14H17Cl2NO3S/c15-11-5-10(7-18)14(16)13(6-11)21(19,20)17-12-4-8-1-2-9(12)3-8/h5-6,8-9,12,17-18H,1-4,7H2. The monoisotopic (exact) mass is 349 g/mol. The van der Waals surface area contributed by atoms with Gasteiger partial charge in [-0.05, 0) is 48.8 Å². The van der Waals surface area contributed by atoms with Crippen molar-refractivity contribution in [2.75, 3.05) is 0 Å². The predicted octanol–water partition coefficient (Wildman–Crippen LogP) is 2.95. The second-order valence-electron chi connectivity index (χ2n) is 5.94. The smallest absolute Gasteiger partial charge is 0.242 e. The van der Waals surface area contributed by atoms with Crippen molar-refractivity contribution >= 4 is 33.2 Å². The molecule has 0 spiro atoms. The van der Waals surface area contributed by atoms with E-state index in [4.69, 9.17) is 23.2 Å². The summed E-state index contributed by atoms with van der Waals surface area (Å²) in [6.45, 7) is -0.351. The van der Waals surface area contributed by atoms with Crippen LogP contribution in [-0.2, 0) is 16.6 Å². The Hall–Kier alpha value is -0.330. The Bertz CT molecular complexity index is 662.